The van der Waals surface area contributed by atoms with Gasteiger partial charge in [-0.05, 0) is 52.3 Å². The third-order valence-corrected chi connectivity index (χ3v) is 5.95. The highest BCUT2D eigenvalue weighted by atomic mass is 16.4. The van der Waals surface area contributed by atoms with Crippen molar-refractivity contribution < 1.29 is 14.3 Å². The lowest BCUT2D eigenvalue weighted by molar-refractivity contribution is -0.122. The van der Waals surface area contributed by atoms with E-state index in [-0.39, 0.29) is 29.2 Å². The van der Waals surface area contributed by atoms with E-state index in [1.165, 1.54) is 0 Å². The summed E-state index contributed by atoms with van der Waals surface area (Å²) in [6.45, 7) is 10.4. The molecule has 31 heavy (non-hydrogen) atoms. The normalized spacial score (nSPS) is 13.8. The van der Waals surface area contributed by atoms with Gasteiger partial charge in [-0.25, -0.2) is 4.79 Å². The van der Waals surface area contributed by atoms with E-state index in [0.717, 1.165) is 5.56 Å². The number of nitrogens with zero attached hydrogens (tertiary/aromatic N) is 1. The second-order valence-corrected chi connectivity index (χ2v) is 8.64. The van der Waals surface area contributed by atoms with Gasteiger partial charge >= 0.3 is 5.63 Å². The first kappa shape index (κ1) is 22.8. The highest BCUT2D eigenvalue weighted by Gasteiger charge is 2.36. The first-order valence-corrected chi connectivity index (χ1v) is 10.8. The Kier molecular flexibility index (Phi) is 6.96. The summed E-state index contributed by atoms with van der Waals surface area (Å²) in [5.74, 6) is -1.30. The predicted octanol–water partition coefficient (Wildman–Crippen LogP) is 4.95. The molecule has 164 valence electrons. The van der Waals surface area contributed by atoms with E-state index >= 15 is 0 Å². The van der Waals surface area contributed by atoms with E-state index in [1.807, 2.05) is 30.3 Å². The van der Waals surface area contributed by atoms with Crippen LogP contribution in [0.1, 0.15) is 51.7 Å². The second-order valence-electron chi connectivity index (χ2n) is 8.64. The summed E-state index contributed by atoms with van der Waals surface area (Å²) < 4.78 is 5.57. The number of carbonyl (C=O) groups excluding carboxylic acids is 1. The van der Waals surface area contributed by atoms with Crippen LogP contribution in [0.15, 0.2) is 63.8 Å². The number of rotatable bonds is 8. The Morgan fingerprint density at radius 2 is 1.55 bits per heavy atom. The number of ketones is 1. The van der Waals surface area contributed by atoms with E-state index in [4.69, 9.17) is 4.42 Å². The molecule has 0 unspecified atom stereocenters. The number of hydrogen-bond donors (Lipinski definition) is 1. The molecule has 0 spiro atoms. The molecule has 0 bridgehead atoms. The lowest BCUT2D eigenvalue weighted by atomic mass is 9.78. The molecule has 0 aliphatic heterocycles. The van der Waals surface area contributed by atoms with Crippen molar-refractivity contribution in [2.45, 2.75) is 52.6 Å². The average Bonchev–Trinajstić information content (AvgIpc) is 2.72. The van der Waals surface area contributed by atoms with Crippen LogP contribution in [-0.2, 0) is 4.79 Å². The number of fused-ring (bicyclic) bond motifs is 1. The number of benzene rings is 2. The van der Waals surface area contributed by atoms with Crippen LogP contribution >= 0.6 is 0 Å². The molecule has 2 aromatic carbocycles. The number of Topliss-reactive ketones (excluding diaryl/α,β-unsaturated/α-hetero) is 1. The maximum Gasteiger partial charge on any atom is 0.343 e. The third-order valence-electron chi connectivity index (χ3n) is 5.95. The molecule has 0 saturated carbocycles. The first-order chi connectivity index (χ1) is 14.7. The van der Waals surface area contributed by atoms with Gasteiger partial charge in [-0.3, -0.25) is 9.69 Å². The smallest absolute Gasteiger partial charge is 0.343 e. The summed E-state index contributed by atoms with van der Waals surface area (Å²) in [6, 6.07) is 16.8. The van der Waals surface area contributed by atoms with E-state index in [2.05, 4.69) is 32.6 Å². The highest BCUT2D eigenvalue weighted by molar-refractivity contribution is 5.86. The number of carbonyl (C=O) groups is 1. The maximum absolute atomic E-state index is 13.1. The van der Waals surface area contributed by atoms with Crippen molar-refractivity contribution in [3.05, 3.63) is 76.1 Å². The molecule has 3 aromatic rings. The van der Waals surface area contributed by atoms with Crippen molar-refractivity contribution in [2.75, 3.05) is 6.54 Å². The number of hydrogen-bond acceptors (Lipinski definition) is 5. The Labute approximate surface area is 183 Å². The van der Waals surface area contributed by atoms with E-state index < -0.39 is 17.5 Å². The molecule has 5 nitrogen and oxygen atoms in total. The van der Waals surface area contributed by atoms with Gasteiger partial charge in [0.2, 0.25) is 0 Å². The molecular weight excluding hydrogens is 390 g/mol. The van der Waals surface area contributed by atoms with Crippen molar-refractivity contribution in [2.24, 2.45) is 5.92 Å². The highest BCUT2D eigenvalue weighted by Crippen LogP contribution is 2.39. The molecule has 2 atom stereocenters. The monoisotopic (exact) mass is 421 g/mol. The fourth-order valence-electron chi connectivity index (χ4n) is 4.40. The van der Waals surface area contributed by atoms with Crippen LogP contribution in [0.5, 0.6) is 5.75 Å². The lowest BCUT2D eigenvalue weighted by Crippen LogP contribution is -2.44. The van der Waals surface area contributed by atoms with Crippen molar-refractivity contribution in [3.8, 4) is 5.75 Å². The Morgan fingerprint density at radius 1 is 0.968 bits per heavy atom. The van der Waals surface area contributed by atoms with E-state index in [0.29, 0.717) is 17.5 Å². The maximum atomic E-state index is 13.1. The fourth-order valence-corrected chi connectivity index (χ4v) is 4.40. The van der Waals surface area contributed by atoms with Gasteiger partial charge in [0, 0.05) is 30.5 Å². The van der Waals surface area contributed by atoms with Crippen LogP contribution in [0.2, 0.25) is 0 Å². The molecule has 1 heterocycles. The third kappa shape index (κ3) is 4.72. The van der Waals surface area contributed by atoms with Crippen molar-refractivity contribution >= 4 is 16.8 Å². The van der Waals surface area contributed by atoms with Gasteiger partial charge in [-0.15, -0.1) is 0 Å². The van der Waals surface area contributed by atoms with Crippen LogP contribution in [0.3, 0.4) is 0 Å². The molecule has 5 heteroatoms. The van der Waals surface area contributed by atoms with Crippen LogP contribution in [-0.4, -0.2) is 34.4 Å². The molecule has 3 rings (SSSR count). The molecule has 0 aliphatic rings. The largest absolute Gasteiger partial charge is 0.507 e. The summed E-state index contributed by atoms with van der Waals surface area (Å²) >= 11 is 0. The second kappa shape index (κ2) is 9.48. The molecule has 1 N–H and O–H groups in total. The molecule has 1 aromatic heterocycles. The molecule has 0 radical (unpaired) electrons. The average molecular weight is 422 g/mol. The quantitative estimate of drug-likeness (QED) is 0.521. The minimum atomic E-state index is -0.625. The Bertz CT molecular complexity index is 1090. The summed E-state index contributed by atoms with van der Waals surface area (Å²) in [7, 11) is 0. The van der Waals surface area contributed by atoms with Gasteiger partial charge in [-0.1, -0.05) is 42.5 Å². The first-order valence-electron chi connectivity index (χ1n) is 10.8. The van der Waals surface area contributed by atoms with Gasteiger partial charge < -0.3 is 9.52 Å². The molecule has 0 aliphatic carbocycles. The SMILES string of the molecule is CC(=O)[C@H](CN(C(C)C)C(C)C)[C@H](c1ccccc1)c1c(O)c2ccccc2oc1=O. The topological polar surface area (TPSA) is 70.8 Å². The van der Waals surface area contributed by atoms with E-state index in [9.17, 15) is 14.7 Å². The zero-order valence-electron chi connectivity index (χ0n) is 18.8. The van der Waals surface area contributed by atoms with Gasteiger partial charge in [0.25, 0.3) is 0 Å². The van der Waals surface area contributed by atoms with Gasteiger partial charge in [0.1, 0.15) is 17.1 Å². The summed E-state index contributed by atoms with van der Waals surface area (Å²) in [4.78, 5) is 28.3. The number of para-hydroxylation sites is 1. The van der Waals surface area contributed by atoms with Gasteiger partial charge in [-0.2, -0.15) is 0 Å². The van der Waals surface area contributed by atoms with E-state index in [1.54, 1.807) is 31.2 Å². The summed E-state index contributed by atoms with van der Waals surface area (Å²) in [6.07, 6.45) is 0. The van der Waals surface area contributed by atoms with Crippen LogP contribution in [0.4, 0.5) is 0 Å². The number of aromatic hydroxyl groups is 1. The molecule has 0 saturated heterocycles. The van der Waals surface area contributed by atoms with Crippen molar-refractivity contribution in [1.82, 2.24) is 4.90 Å². The zero-order valence-corrected chi connectivity index (χ0v) is 18.8. The van der Waals surface area contributed by atoms with Gasteiger partial charge in [0.15, 0.2) is 0 Å². The predicted molar refractivity (Wildman–Crippen MR) is 124 cm³/mol. The fraction of sp³-hybridized carbons (Fsp3) is 0.385. The minimum Gasteiger partial charge on any atom is -0.507 e. The summed E-state index contributed by atoms with van der Waals surface area (Å²) in [5, 5.41) is 11.6. The Balaban J connectivity index is 2.25. The minimum absolute atomic E-state index is 0.0351. The summed E-state index contributed by atoms with van der Waals surface area (Å²) in [5.41, 5.74) is 0.647. The molecule has 0 fully saturated rings. The van der Waals surface area contributed by atoms with Crippen LogP contribution < -0.4 is 5.63 Å². The molecular formula is C26H31NO4. The Hall–Kier alpha value is -2.92. The lowest BCUT2D eigenvalue weighted by Gasteiger charge is -2.36. The van der Waals surface area contributed by atoms with Crippen LogP contribution in [0, 0.1) is 5.92 Å². The standard InChI is InChI=1S/C26H31NO4/c1-16(2)27(17(3)4)15-21(18(5)28)23(19-11-7-6-8-12-19)24-25(29)20-13-9-10-14-22(20)31-26(24)30/h6-14,16-17,21,23,29H,15H2,1-5H3/t21-,23-/m0/s1. The van der Waals surface area contributed by atoms with Crippen LogP contribution in [0.25, 0.3) is 11.0 Å². The zero-order chi connectivity index (χ0) is 22.7. The molecule has 0 amide bonds. The van der Waals surface area contributed by atoms with Crippen molar-refractivity contribution in [3.63, 3.8) is 0 Å². The Morgan fingerprint density at radius 3 is 2.13 bits per heavy atom. The van der Waals surface area contributed by atoms with Crippen molar-refractivity contribution in [1.29, 1.82) is 0 Å². The van der Waals surface area contributed by atoms with Gasteiger partial charge in [0.05, 0.1) is 10.9 Å².